The van der Waals surface area contributed by atoms with Gasteiger partial charge < -0.3 is 10.2 Å². The Morgan fingerprint density at radius 2 is 2.00 bits per heavy atom. The molecule has 0 saturated carbocycles. The summed E-state index contributed by atoms with van der Waals surface area (Å²) in [4.78, 5) is 10.5. The molecule has 0 saturated heterocycles. The van der Waals surface area contributed by atoms with E-state index >= 15 is 0 Å². The maximum absolute atomic E-state index is 13.2. The van der Waals surface area contributed by atoms with Gasteiger partial charge in [0.05, 0.1) is 0 Å². The maximum atomic E-state index is 13.2. The second-order valence-electron chi connectivity index (χ2n) is 3.14. The van der Waals surface area contributed by atoms with Crippen molar-refractivity contribution in [2.24, 2.45) is 0 Å². The van der Waals surface area contributed by atoms with Gasteiger partial charge in [-0.25, -0.2) is 9.18 Å². The van der Waals surface area contributed by atoms with Crippen molar-refractivity contribution >= 4 is 5.97 Å². The molecule has 0 aromatic heterocycles. The van der Waals surface area contributed by atoms with Gasteiger partial charge in [-0.1, -0.05) is 6.07 Å². The van der Waals surface area contributed by atoms with Crippen molar-refractivity contribution in [3.05, 3.63) is 34.6 Å². The number of benzene rings is 1. The predicted molar refractivity (Wildman–Crippen MR) is 48.5 cm³/mol. The summed E-state index contributed by atoms with van der Waals surface area (Å²) in [6.45, 7) is 3.31. The lowest BCUT2D eigenvalue weighted by molar-refractivity contribution is -0.147. The first-order valence-corrected chi connectivity index (χ1v) is 4.11. The van der Waals surface area contributed by atoms with Gasteiger partial charge >= 0.3 is 5.97 Å². The average Bonchev–Trinajstić information content (AvgIpc) is 2.12. The molecule has 0 bridgehead atoms. The van der Waals surface area contributed by atoms with Crippen molar-refractivity contribution in [2.45, 2.75) is 20.0 Å². The molecule has 0 fully saturated rings. The Bertz CT molecular complexity index is 374. The van der Waals surface area contributed by atoms with Crippen LogP contribution in [0, 0.1) is 19.7 Å². The van der Waals surface area contributed by atoms with E-state index in [-0.39, 0.29) is 5.56 Å². The van der Waals surface area contributed by atoms with Gasteiger partial charge in [-0.3, -0.25) is 0 Å². The number of hydrogen-bond acceptors (Lipinski definition) is 2. The summed E-state index contributed by atoms with van der Waals surface area (Å²) in [5, 5.41) is 17.8. The molecule has 1 aromatic carbocycles. The van der Waals surface area contributed by atoms with Gasteiger partial charge in [0.25, 0.3) is 0 Å². The van der Waals surface area contributed by atoms with Crippen LogP contribution in [-0.2, 0) is 4.79 Å². The number of carboxylic acids is 1. The van der Waals surface area contributed by atoms with E-state index in [0.717, 1.165) is 11.6 Å². The van der Waals surface area contributed by atoms with Crippen LogP contribution in [0.15, 0.2) is 12.1 Å². The zero-order valence-corrected chi connectivity index (χ0v) is 7.91. The number of carbonyl (C=O) groups is 1. The molecule has 0 spiro atoms. The zero-order valence-electron chi connectivity index (χ0n) is 7.91. The van der Waals surface area contributed by atoms with E-state index in [1.807, 2.05) is 0 Å². The SMILES string of the molecule is Cc1ccc(F)c(C(O)C(=O)O)c1C. The Kier molecular flexibility index (Phi) is 2.86. The van der Waals surface area contributed by atoms with E-state index in [2.05, 4.69) is 0 Å². The lowest BCUT2D eigenvalue weighted by Gasteiger charge is -2.12. The number of rotatable bonds is 2. The second kappa shape index (κ2) is 3.75. The fraction of sp³-hybridized carbons (Fsp3) is 0.300. The number of aliphatic hydroxyl groups is 1. The number of halogens is 1. The predicted octanol–water partition coefficient (Wildman–Crippen LogP) is 1.56. The molecule has 14 heavy (non-hydrogen) atoms. The first kappa shape index (κ1) is 10.7. The molecule has 0 aliphatic rings. The van der Waals surface area contributed by atoms with Crippen molar-refractivity contribution in [3.8, 4) is 0 Å². The molecule has 0 amide bonds. The molecule has 3 nitrogen and oxygen atoms in total. The highest BCUT2D eigenvalue weighted by atomic mass is 19.1. The summed E-state index contributed by atoms with van der Waals surface area (Å²) < 4.78 is 13.2. The highest BCUT2D eigenvalue weighted by Gasteiger charge is 2.22. The second-order valence-corrected chi connectivity index (χ2v) is 3.14. The molecule has 0 radical (unpaired) electrons. The first-order valence-electron chi connectivity index (χ1n) is 4.11. The van der Waals surface area contributed by atoms with Crippen LogP contribution in [0.5, 0.6) is 0 Å². The molecule has 0 heterocycles. The lowest BCUT2D eigenvalue weighted by atomic mass is 9.98. The van der Waals surface area contributed by atoms with Crippen molar-refractivity contribution in [1.29, 1.82) is 0 Å². The number of aliphatic hydroxyl groups excluding tert-OH is 1. The minimum Gasteiger partial charge on any atom is -0.479 e. The van der Waals surface area contributed by atoms with E-state index < -0.39 is 17.9 Å². The Balaban J connectivity index is 3.32. The topological polar surface area (TPSA) is 57.5 Å². The van der Waals surface area contributed by atoms with Gasteiger partial charge in [0, 0.05) is 5.56 Å². The van der Waals surface area contributed by atoms with Crippen LogP contribution in [-0.4, -0.2) is 16.2 Å². The molecule has 76 valence electrons. The van der Waals surface area contributed by atoms with E-state index in [1.165, 1.54) is 0 Å². The molecule has 2 N–H and O–H groups in total. The van der Waals surface area contributed by atoms with Crippen LogP contribution >= 0.6 is 0 Å². The quantitative estimate of drug-likeness (QED) is 0.758. The highest BCUT2D eigenvalue weighted by molar-refractivity contribution is 5.74. The van der Waals surface area contributed by atoms with Gasteiger partial charge in [-0.05, 0) is 31.0 Å². The summed E-state index contributed by atoms with van der Waals surface area (Å²) in [5.74, 6) is -2.14. The molecule has 4 heteroatoms. The van der Waals surface area contributed by atoms with Crippen LogP contribution in [0.2, 0.25) is 0 Å². The summed E-state index contributed by atoms with van der Waals surface area (Å²) in [6, 6.07) is 2.70. The number of aryl methyl sites for hydroxylation is 1. The monoisotopic (exact) mass is 198 g/mol. The average molecular weight is 198 g/mol. The fourth-order valence-electron chi connectivity index (χ4n) is 1.26. The van der Waals surface area contributed by atoms with Gasteiger partial charge in [-0.15, -0.1) is 0 Å². The molecule has 1 rings (SSSR count). The summed E-state index contributed by atoms with van der Waals surface area (Å²) >= 11 is 0. The van der Waals surface area contributed by atoms with Crippen molar-refractivity contribution in [2.75, 3.05) is 0 Å². The highest BCUT2D eigenvalue weighted by Crippen LogP contribution is 2.23. The Morgan fingerprint density at radius 3 is 2.50 bits per heavy atom. The van der Waals surface area contributed by atoms with Gasteiger partial charge in [0.1, 0.15) is 5.82 Å². The van der Waals surface area contributed by atoms with E-state index in [9.17, 15) is 14.3 Å². The molecular formula is C10H11FO3. The Morgan fingerprint density at radius 1 is 1.43 bits per heavy atom. The number of hydrogen-bond donors (Lipinski definition) is 2. The number of carboxylic acid groups (broad SMARTS) is 1. The van der Waals surface area contributed by atoms with E-state index in [0.29, 0.717) is 5.56 Å². The van der Waals surface area contributed by atoms with Crippen LogP contribution in [0.4, 0.5) is 4.39 Å². The fourth-order valence-corrected chi connectivity index (χ4v) is 1.26. The zero-order chi connectivity index (χ0) is 10.9. The van der Waals surface area contributed by atoms with Gasteiger partial charge in [0.2, 0.25) is 0 Å². The summed E-state index contributed by atoms with van der Waals surface area (Å²) in [6.07, 6.45) is -1.80. The van der Waals surface area contributed by atoms with Crippen molar-refractivity contribution in [1.82, 2.24) is 0 Å². The molecule has 0 aliphatic carbocycles. The van der Waals surface area contributed by atoms with Crippen LogP contribution in [0.1, 0.15) is 22.8 Å². The third-order valence-electron chi connectivity index (χ3n) is 2.24. The standard InChI is InChI=1S/C10H11FO3/c1-5-3-4-7(11)8(6(5)2)9(12)10(13)14/h3-4,9,12H,1-2H3,(H,13,14). The molecule has 1 unspecified atom stereocenters. The molecule has 1 atom stereocenters. The molecule has 1 aromatic rings. The Labute approximate surface area is 80.8 Å². The summed E-state index contributed by atoms with van der Waals surface area (Å²) in [5.41, 5.74) is 1.07. The Hall–Kier alpha value is -1.42. The van der Waals surface area contributed by atoms with Crippen LogP contribution in [0.25, 0.3) is 0 Å². The van der Waals surface area contributed by atoms with Crippen molar-refractivity contribution in [3.63, 3.8) is 0 Å². The smallest absolute Gasteiger partial charge is 0.337 e. The maximum Gasteiger partial charge on any atom is 0.337 e. The first-order chi connectivity index (χ1) is 6.45. The van der Waals surface area contributed by atoms with E-state index in [4.69, 9.17) is 5.11 Å². The van der Waals surface area contributed by atoms with E-state index in [1.54, 1.807) is 19.9 Å². The van der Waals surface area contributed by atoms with Gasteiger partial charge in [-0.2, -0.15) is 0 Å². The van der Waals surface area contributed by atoms with Crippen molar-refractivity contribution < 1.29 is 19.4 Å². The molecule has 0 aliphatic heterocycles. The largest absolute Gasteiger partial charge is 0.479 e. The minimum atomic E-state index is -1.80. The number of aliphatic carboxylic acids is 1. The van der Waals surface area contributed by atoms with Crippen LogP contribution in [0.3, 0.4) is 0 Å². The lowest BCUT2D eigenvalue weighted by Crippen LogP contribution is -2.14. The normalized spacial score (nSPS) is 12.6. The third-order valence-corrected chi connectivity index (χ3v) is 2.24. The third kappa shape index (κ3) is 1.75. The van der Waals surface area contributed by atoms with Crippen LogP contribution < -0.4 is 0 Å². The van der Waals surface area contributed by atoms with Gasteiger partial charge in [0.15, 0.2) is 6.10 Å². The summed E-state index contributed by atoms with van der Waals surface area (Å²) in [7, 11) is 0. The molecular weight excluding hydrogens is 187 g/mol. The minimum absolute atomic E-state index is 0.155.